The molecule has 14 heteroatoms. The summed E-state index contributed by atoms with van der Waals surface area (Å²) in [5, 5.41) is 34.7. The highest BCUT2D eigenvalue weighted by atomic mass is 35.5. The van der Waals surface area contributed by atoms with E-state index in [0.29, 0.717) is 34.0 Å². The number of nitrogens with zero attached hydrogens (tertiary/aromatic N) is 2. The Morgan fingerprint density at radius 3 is 1.91 bits per heavy atom. The molecule has 2 aromatic rings. The van der Waals surface area contributed by atoms with E-state index in [1.54, 1.807) is 30.3 Å². The van der Waals surface area contributed by atoms with E-state index < -0.39 is 41.8 Å². The van der Waals surface area contributed by atoms with Crippen LogP contribution in [0.25, 0.3) is 0 Å². The van der Waals surface area contributed by atoms with Gasteiger partial charge >= 0.3 is 17.9 Å². The fraction of sp³-hybridized carbons (Fsp3) is 0.345. The fourth-order valence-corrected chi connectivity index (χ4v) is 5.65. The van der Waals surface area contributed by atoms with Crippen LogP contribution in [0.2, 0.25) is 10.0 Å². The molecule has 0 atom stereocenters. The molecule has 43 heavy (non-hydrogen) atoms. The van der Waals surface area contributed by atoms with Crippen LogP contribution in [0.3, 0.4) is 0 Å². The fourth-order valence-electron chi connectivity index (χ4n) is 5.08. The first-order valence-corrected chi connectivity index (χ1v) is 13.7. The number of carboxylic acids is 3. The molecule has 0 unspecified atom stereocenters. The molecule has 1 saturated heterocycles. The molecule has 4 N–H and O–H groups in total. The van der Waals surface area contributed by atoms with Gasteiger partial charge in [0.2, 0.25) is 0 Å². The second-order valence-corrected chi connectivity index (χ2v) is 11.3. The predicted octanol–water partition coefficient (Wildman–Crippen LogP) is 3.34. The zero-order chi connectivity index (χ0) is 32.1. The average Bonchev–Trinajstić information content (AvgIpc) is 3.17. The van der Waals surface area contributed by atoms with Gasteiger partial charge in [-0.05, 0) is 74.4 Å². The van der Waals surface area contributed by atoms with E-state index in [4.69, 9.17) is 43.6 Å². The number of carboxylic acid groups (broad SMARTS) is 3. The number of piperidine rings is 1. The van der Waals surface area contributed by atoms with Crippen molar-refractivity contribution in [3.63, 3.8) is 0 Å². The molecule has 0 radical (unpaired) electrons. The Labute approximate surface area is 255 Å². The van der Waals surface area contributed by atoms with Gasteiger partial charge in [-0.1, -0.05) is 35.3 Å². The van der Waals surface area contributed by atoms with Crippen LogP contribution in [-0.4, -0.2) is 85.7 Å². The van der Waals surface area contributed by atoms with Crippen LogP contribution in [-0.2, 0) is 35.9 Å². The minimum Gasteiger partial charge on any atom is -0.481 e. The first-order valence-electron chi connectivity index (χ1n) is 12.9. The van der Waals surface area contributed by atoms with Crippen LogP contribution in [0, 0.1) is 5.82 Å². The van der Waals surface area contributed by atoms with Gasteiger partial charge < -0.3 is 25.3 Å². The largest absolute Gasteiger partial charge is 0.481 e. The van der Waals surface area contributed by atoms with Crippen molar-refractivity contribution >= 4 is 52.9 Å². The summed E-state index contributed by atoms with van der Waals surface area (Å²) in [7, 11) is 2.03. The molecule has 230 valence electrons. The third-order valence-electron chi connectivity index (χ3n) is 7.31. The molecule has 0 bridgehead atoms. The SMILES string of the molecule is CN1CCC(C2=CC(=O)N(Cc3cc(Cl)cc(Cl)c3)C2=O)(c2ccc(F)cc2)CC1.O=C(O)CC(O)(CC(=O)O)C(=O)O. The van der Waals surface area contributed by atoms with E-state index in [0.717, 1.165) is 18.7 Å². The molecule has 2 aromatic carbocycles. The summed E-state index contributed by atoms with van der Waals surface area (Å²) in [6.07, 6.45) is 0.514. The Balaban J connectivity index is 0.000000331. The Morgan fingerprint density at radius 2 is 1.44 bits per heavy atom. The smallest absolute Gasteiger partial charge is 0.336 e. The summed E-state index contributed by atoms with van der Waals surface area (Å²) in [6, 6.07) is 11.2. The van der Waals surface area contributed by atoms with Crippen molar-refractivity contribution in [3.05, 3.63) is 81.1 Å². The predicted molar refractivity (Wildman–Crippen MR) is 152 cm³/mol. The van der Waals surface area contributed by atoms with Crippen LogP contribution >= 0.6 is 23.2 Å². The maximum Gasteiger partial charge on any atom is 0.336 e. The molecule has 1 fully saturated rings. The molecule has 0 saturated carbocycles. The highest BCUT2D eigenvalue weighted by Crippen LogP contribution is 2.44. The number of aliphatic carboxylic acids is 3. The summed E-state index contributed by atoms with van der Waals surface area (Å²) in [4.78, 5) is 60.1. The van der Waals surface area contributed by atoms with Gasteiger partial charge in [-0.25, -0.2) is 9.18 Å². The number of hydrogen-bond donors (Lipinski definition) is 4. The van der Waals surface area contributed by atoms with Crippen molar-refractivity contribution in [1.29, 1.82) is 0 Å². The number of imide groups is 1. The number of carbonyl (C=O) groups excluding carboxylic acids is 2. The van der Waals surface area contributed by atoms with Crippen molar-refractivity contribution < 1.29 is 48.8 Å². The molecule has 0 aromatic heterocycles. The standard InChI is InChI=1S/C23H21Cl2FN2O2.C6H8O7/c1-27-8-6-23(7-9-27,16-2-4-19(26)5-3-16)20-13-21(29)28(22(20)30)14-15-10-17(24)12-18(25)11-15;7-3(8)1-6(13,5(11)12)2-4(9)10/h2-5,10-13H,6-9,14H2,1H3;13H,1-2H2,(H,7,8)(H,9,10)(H,11,12). The molecule has 0 aliphatic carbocycles. The second-order valence-electron chi connectivity index (χ2n) is 10.4. The Bertz CT molecular complexity index is 1420. The third kappa shape index (κ3) is 8.17. The number of likely N-dealkylation sites (tertiary alicyclic amines) is 1. The lowest BCUT2D eigenvalue weighted by atomic mass is 9.67. The Kier molecular flexibility index (Phi) is 10.7. The molecular weight excluding hydrogens is 610 g/mol. The van der Waals surface area contributed by atoms with E-state index in [1.807, 2.05) is 7.05 Å². The number of benzene rings is 2. The maximum absolute atomic E-state index is 13.6. The van der Waals surface area contributed by atoms with Crippen LogP contribution in [0.1, 0.15) is 36.8 Å². The van der Waals surface area contributed by atoms with Gasteiger partial charge in [0.15, 0.2) is 5.60 Å². The zero-order valence-electron chi connectivity index (χ0n) is 22.9. The molecule has 4 rings (SSSR count). The van der Waals surface area contributed by atoms with E-state index >= 15 is 0 Å². The van der Waals surface area contributed by atoms with Crippen LogP contribution < -0.4 is 0 Å². The number of hydrogen-bond acceptors (Lipinski definition) is 7. The van der Waals surface area contributed by atoms with Crippen molar-refractivity contribution in [2.45, 2.75) is 43.2 Å². The average molecular weight is 639 g/mol. The molecule has 2 aliphatic rings. The number of rotatable bonds is 9. The minimum atomic E-state index is -2.74. The van der Waals surface area contributed by atoms with Crippen molar-refractivity contribution in [2.24, 2.45) is 0 Å². The first kappa shape index (κ1) is 33.7. The van der Waals surface area contributed by atoms with Crippen molar-refractivity contribution in [2.75, 3.05) is 20.1 Å². The first-order chi connectivity index (χ1) is 20.1. The normalized spacial score (nSPS) is 16.8. The van der Waals surface area contributed by atoms with E-state index in [-0.39, 0.29) is 24.2 Å². The summed E-state index contributed by atoms with van der Waals surface area (Å²) in [6.45, 7) is 1.65. The zero-order valence-corrected chi connectivity index (χ0v) is 24.4. The summed E-state index contributed by atoms with van der Waals surface area (Å²) in [5.41, 5.74) is -1.34. The van der Waals surface area contributed by atoms with Crippen molar-refractivity contribution in [3.8, 4) is 0 Å². The van der Waals surface area contributed by atoms with E-state index in [9.17, 15) is 28.4 Å². The Hall–Kier alpha value is -3.84. The molecule has 2 heterocycles. The monoisotopic (exact) mass is 638 g/mol. The van der Waals surface area contributed by atoms with Gasteiger partial charge in [-0.2, -0.15) is 0 Å². The van der Waals surface area contributed by atoms with Crippen molar-refractivity contribution in [1.82, 2.24) is 9.80 Å². The second kappa shape index (κ2) is 13.6. The molecule has 0 spiro atoms. The van der Waals surface area contributed by atoms with Gasteiger partial charge in [0.05, 0.1) is 19.4 Å². The highest BCUT2D eigenvalue weighted by Gasteiger charge is 2.47. The third-order valence-corrected chi connectivity index (χ3v) is 7.75. The summed E-state index contributed by atoms with van der Waals surface area (Å²) >= 11 is 12.1. The topological polar surface area (TPSA) is 173 Å². The number of amides is 2. The molecule has 2 amide bonds. The summed E-state index contributed by atoms with van der Waals surface area (Å²) in [5.74, 6) is -6.02. The maximum atomic E-state index is 13.6. The highest BCUT2D eigenvalue weighted by molar-refractivity contribution is 6.34. The molecule has 11 nitrogen and oxygen atoms in total. The van der Waals surface area contributed by atoms with Gasteiger partial charge in [-0.3, -0.25) is 24.1 Å². The van der Waals surface area contributed by atoms with E-state index in [2.05, 4.69) is 4.90 Å². The lowest BCUT2D eigenvalue weighted by Gasteiger charge is -2.41. The molecule has 2 aliphatic heterocycles. The van der Waals surface area contributed by atoms with Crippen LogP contribution in [0.4, 0.5) is 4.39 Å². The van der Waals surface area contributed by atoms with Gasteiger partial charge in [0.25, 0.3) is 11.8 Å². The lowest BCUT2D eigenvalue weighted by molar-refractivity contribution is -0.170. The van der Waals surface area contributed by atoms with Gasteiger partial charge in [-0.15, -0.1) is 0 Å². The Morgan fingerprint density at radius 1 is 0.930 bits per heavy atom. The minimum absolute atomic E-state index is 0.0946. The van der Waals surface area contributed by atoms with Crippen LogP contribution in [0.5, 0.6) is 0 Å². The van der Waals surface area contributed by atoms with E-state index in [1.165, 1.54) is 23.1 Å². The lowest BCUT2D eigenvalue weighted by Crippen LogP contribution is -2.44. The van der Waals surface area contributed by atoms with Crippen LogP contribution in [0.15, 0.2) is 54.1 Å². The quantitative estimate of drug-likeness (QED) is 0.298. The van der Waals surface area contributed by atoms with Gasteiger partial charge in [0.1, 0.15) is 5.82 Å². The van der Waals surface area contributed by atoms with Gasteiger partial charge in [0, 0.05) is 27.1 Å². The summed E-state index contributed by atoms with van der Waals surface area (Å²) < 4.78 is 13.6. The number of halogens is 3. The molecular formula is C29H29Cl2FN2O9. The number of aliphatic hydroxyl groups is 1. The number of carbonyl (C=O) groups is 5.